The molecule has 4 heterocycles. The van der Waals surface area contributed by atoms with Crippen LogP contribution in [0.5, 0.6) is 0 Å². The molecular weight excluding hydrogens is 296 g/mol. The van der Waals surface area contributed by atoms with Gasteiger partial charge in [-0.25, -0.2) is 4.98 Å². The molecular formula is C16H20N4OS. The van der Waals surface area contributed by atoms with Gasteiger partial charge in [0.05, 0.1) is 10.4 Å². The third-order valence-corrected chi connectivity index (χ3v) is 5.70. The summed E-state index contributed by atoms with van der Waals surface area (Å²) in [5, 5.41) is 9.46. The summed E-state index contributed by atoms with van der Waals surface area (Å²) in [6.07, 6.45) is 4.17. The van der Waals surface area contributed by atoms with Crippen LogP contribution in [-0.2, 0) is 0 Å². The number of aromatic nitrogens is 1. The van der Waals surface area contributed by atoms with E-state index in [1.165, 1.54) is 19.5 Å². The Balaban J connectivity index is 1.52. The largest absolute Gasteiger partial charge is 0.387 e. The van der Waals surface area contributed by atoms with Gasteiger partial charge in [-0.1, -0.05) is 0 Å². The molecule has 0 saturated carbocycles. The third kappa shape index (κ3) is 2.46. The van der Waals surface area contributed by atoms with E-state index in [-0.39, 0.29) is 11.9 Å². The van der Waals surface area contributed by atoms with Crippen LogP contribution in [0.2, 0.25) is 0 Å². The summed E-state index contributed by atoms with van der Waals surface area (Å²) in [5.41, 5.74) is 1.56. The zero-order valence-corrected chi connectivity index (χ0v) is 13.4. The van der Waals surface area contributed by atoms with E-state index in [4.69, 9.17) is 0 Å². The van der Waals surface area contributed by atoms with Crippen molar-refractivity contribution in [2.24, 2.45) is 5.92 Å². The smallest absolute Gasteiger partial charge is 0.270 e. The minimum atomic E-state index is -0.0531. The maximum absolute atomic E-state index is 12.5. The Morgan fingerprint density at radius 2 is 2.36 bits per heavy atom. The molecule has 0 aromatic carbocycles. The molecule has 1 unspecified atom stereocenters. The van der Waals surface area contributed by atoms with Crippen molar-refractivity contribution in [3.8, 4) is 0 Å². The van der Waals surface area contributed by atoms with Crippen LogP contribution in [0, 0.1) is 5.92 Å². The number of hydrogen-bond acceptors (Lipinski definition) is 5. The predicted octanol–water partition coefficient (Wildman–Crippen LogP) is 2.16. The van der Waals surface area contributed by atoms with Gasteiger partial charge in [-0.15, -0.1) is 11.3 Å². The van der Waals surface area contributed by atoms with Crippen LogP contribution in [0.3, 0.4) is 0 Å². The van der Waals surface area contributed by atoms with Gasteiger partial charge in [-0.2, -0.15) is 0 Å². The van der Waals surface area contributed by atoms with E-state index < -0.39 is 0 Å². The number of carbonyl (C=O) groups is 1. The fraction of sp³-hybridized carbons (Fsp3) is 0.500. The number of hydrogen-bond donors (Lipinski definition) is 2. The third-order valence-electron chi connectivity index (χ3n) is 4.76. The number of nitrogens with one attached hydrogen (secondary N) is 2. The summed E-state index contributed by atoms with van der Waals surface area (Å²) < 4.78 is 1.10. The molecule has 2 aromatic rings. The molecule has 3 atom stereocenters. The average Bonchev–Trinajstić information content (AvgIpc) is 3.09. The highest BCUT2D eigenvalue weighted by atomic mass is 32.1. The van der Waals surface area contributed by atoms with E-state index in [0.717, 1.165) is 34.7 Å². The Labute approximate surface area is 133 Å². The van der Waals surface area contributed by atoms with Crippen molar-refractivity contribution < 1.29 is 4.79 Å². The van der Waals surface area contributed by atoms with E-state index in [0.29, 0.717) is 5.69 Å². The molecule has 0 spiro atoms. The number of nitrogens with zero attached hydrogens (tertiary/aromatic N) is 2. The molecule has 22 heavy (non-hydrogen) atoms. The molecule has 0 radical (unpaired) electrons. The van der Waals surface area contributed by atoms with Crippen molar-refractivity contribution in [2.75, 3.05) is 32.0 Å². The van der Waals surface area contributed by atoms with Crippen molar-refractivity contribution in [2.45, 2.75) is 18.9 Å². The first-order chi connectivity index (χ1) is 10.7. The molecule has 2 fully saturated rings. The monoisotopic (exact) mass is 316 g/mol. The van der Waals surface area contributed by atoms with Gasteiger partial charge < -0.3 is 15.5 Å². The number of carbonyl (C=O) groups excluding carboxylic acids is 1. The van der Waals surface area contributed by atoms with Crippen LogP contribution in [-0.4, -0.2) is 48.5 Å². The Kier molecular flexibility index (Phi) is 3.50. The van der Waals surface area contributed by atoms with Crippen LogP contribution in [0.4, 0.5) is 5.69 Å². The van der Waals surface area contributed by atoms with Crippen LogP contribution in [0.25, 0.3) is 10.1 Å². The number of fused-ring (bicyclic) bond motifs is 3. The molecule has 6 heteroatoms. The van der Waals surface area contributed by atoms with Gasteiger partial charge in [0, 0.05) is 43.1 Å². The molecule has 2 aliphatic rings. The highest BCUT2D eigenvalue weighted by molar-refractivity contribution is 7.17. The molecule has 116 valence electrons. The van der Waals surface area contributed by atoms with Gasteiger partial charge in [0.2, 0.25) is 0 Å². The van der Waals surface area contributed by atoms with E-state index in [1.807, 2.05) is 13.1 Å². The molecule has 2 saturated heterocycles. The van der Waals surface area contributed by atoms with E-state index in [9.17, 15) is 4.79 Å². The van der Waals surface area contributed by atoms with Crippen molar-refractivity contribution in [1.29, 1.82) is 0 Å². The summed E-state index contributed by atoms with van der Waals surface area (Å²) in [7, 11) is 1.90. The molecule has 2 aliphatic heterocycles. The first kappa shape index (κ1) is 14.0. The second-order valence-corrected chi connectivity index (χ2v) is 7.20. The lowest BCUT2D eigenvalue weighted by Crippen LogP contribution is -2.47. The fourth-order valence-corrected chi connectivity index (χ4v) is 4.57. The highest BCUT2D eigenvalue weighted by Crippen LogP contribution is 2.30. The minimum Gasteiger partial charge on any atom is -0.387 e. The molecule has 2 bridgehead atoms. The minimum absolute atomic E-state index is 0.0531. The lowest BCUT2D eigenvalue weighted by atomic mass is 9.97. The average molecular weight is 316 g/mol. The zero-order valence-electron chi connectivity index (χ0n) is 12.6. The maximum atomic E-state index is 12.5. The lowest BCUT2D eigenvalue weighted by molar-refractivity contribution is 0.0904. The van der Waals surface area contributed by atoms with Gasteiger partial charge in [0.15, 0.2) is 0 Å². The van der Waals surface area contributed by atoms with Crippen LogP contribution >= 0.6 is 11.3 Å². The molecule has 1 amide bonds. The van der Waals surface area contributed by atoms with Gasteiger partial charge in [-0.05, 0) is 31.4 Å². The number of thiophene rings is 1. The van der Waals surface area contributed by atoms with E-state index in [2.05, 4.69) is 25.9 Å². The highest BCUT2D eigenvalue weighted by Gasteiger charge is 2.33. The summed E-state index contributed by atoms with van der Waals surface area (Å²) in [5.74, 6) is 0.699. The zero-order chi connectivity index (χ0) is 15.1. The van der Waals surface area contributed by atoms with Crippen LogP contribution < -0.4 is 10.6 Å². The molecule has 2 aromatic heterocycles. The Morgan fingerprint density at radius 1 is 1.45 bits per heavy atom. The predicted molar refractivity (Wildman–Crippen MR) is 89.6 cm³/mol. The SMILES string of the molecule is CNc1csc2cnc(C(=O)N[C@@H]3C[C@@H]4CCN(C4)C3)cc12. The van der Waals surface area contributed by atoms with Gasteiger partial charge in [0.1, 0.15) is 5.69 Å². The molecule has 0 aliphatic carbocycles. The number of rotatable bonds is 3. The standard InChI is InChI=1S/C16H20N4OS/c1-17-14-9-22-15-6-18-13(5-12(14)15)16(21)19-11-4-10-2-3-20(7-10)8-11/h5-6,9-11,17H,2-4,7-8H2,1H3,(H,19,21)/t10-,11+/m0/s1. The first-order valence-corrected chi connectivity index (χ1v) is 8.69. The van der Waals surface area contributed by atoms with Crippen molar-refractivity contribution >= 4 is 33.0 Å². The van der Waals surface area contributed by atoms with Gasteiger partial charge in [0.25, 0.3) is 5.91 Å². The molecule has 5 nitrogen and oxygen atoms in total. The van der Waals surface area contributed by atoms with Crippen LogP contribution in [0.15, 0.2) is 17.6 Å². The second kappa shape index (κ2) is 5.52. The topological polar surface area (TPSA) is 57.3 Å². The van der Waals surface area contributed by atoms with Crippen molar-refractivity contribution in [1.82, 2.24) is 15.2 Å². The van der Waals surface area contributed by atoms with Crippen LogP contribution in [0.1, 0.15) is 23.3 Å². The summed E-state index contributed by atoms with van der Waals surface area (Å²) >= 11 is 1.64. The number of piperidine rings is 1. The lowest BCUT2D eigenvalue weighted by Gasteiger charge is -2.30. The Hall–Kier alpha value is -1.66. The number of anilines is 1. The van der Waals surface area contributed by atoms with Crippen molar-refractivity contribution in [3.05, 3.63) is 23.3 Å². The molecule has 2 N–H and O–H groups in total. The van der Waals surface area contributed by atoms with Gasteiger partial charge >= 0.3 is 0 Å². The summed E-state index contributed by atoms with van der Waals surface area (Å²) in [4.78, 5) is 19.3. The fourth-order valence-electron chi connectivity index (χ4n) is 3.67. The number of pyridine rings is 1. The first-order valence-electron chi connectivity index (χ1n) is 7.81. The molecule has 4 rings (SSSR count). The van der Waals surface area contributed by atoms with Gasteiger partial charge in [-0.3, -0.25) is 4.79 Å². The second-order valence-electron chi connectivity index (χ2n) is 6.29. The normalized spacial score (nSPS) is 27.0. The quantitative estimate of drug-likeness (QED) is 0.911. The Morgan fingerprint density at radius 3 is 3.18 bits per heavy atom. The summed E-state index contributed by atoms with van der Waals surface area (Å²) in [6.45, 7) is 3.36. The van der Waals surface area contributed by atoms with Crippen molar-refractivity contribution in [3.63, 3.8) is 0 Å². The number of amides is 1. The van der Waals surface area contributed by atoms with E-state index in [1.54, 1.807) is 17.5 Å². The Bertz CT molecular complexity index is 701. The van der Waals surface area contributed by atoms with E-state index >= 15 is 0 Å². The summed E-state index contributed by atoms with van der Waals surface area (Å²) in [6, 6.07) is 2.16. The maximum Gasteiger partial charge on any atom is 0.270 e.